The van der Waals surface area contributed by atoms with E-state index in [0.717, 1.165) is 25.7 Å². The van der Waals surface area contributed by atoms with Gasteiger partial charge in [0.05, 0.1) is 6.61 Å². The SMILES string of the molecule is NC1(c2ccccc2C2(CO)CC2)CCC1. The summed E-state index contributed by atoms with van der Waals surface area (Å²) in [4.78, 5) is 0. The van der Waals surface area contributed by atoms with Gasteiger partial charge in [-0.05, 0) is 43.2 Å². The molecule has 1 aromatic rings. The molecule has 0 unspecified atom stereocenters. The van der Waals surface area contributed by atoms with Crippen molar-refractivity contribution < 1.29 is 5.11 Å². The van der Waals surface area contributed by atoms with Crippen LogP contribution in [0.2, 0.25) is 0 Å². The van der Waals surface area contributed by atoms with Crippen LogP contribution in [0.1, 0.15) is 43.2 Å². The Labute approximate surface area is 96.5 Å². The summed E-state index contributed by atoms with van der Waals surface area (Å²) < 4.78 is 0. The third kappa shape index (κ3) is 1.33. The van der Waals surface area contributed by atoms with E-state index >= 15 is 0 Å². The van der Waals surface area contributed by atoms with E-state index in [4.69, 9.17) is 5.73 Å². The maximum absolute atomic E-state index is 9.55. The normalized spacial score (nSPS) is 24.9. The van der Waals surface area contributed by atoms with Crippen molar-refractivity contribution in [3.05, 3.63) is 35.4 Å². The second kappa shape index (κ2) is 3.31. The lowest BCUT2D eigenvalue weighted by Gasteiger charge is -2.41. The molecule has 0 heterocycles. The highest BCUT2D eigenvalue weighted by molar-refractivity contribution is 5.43. The molecule has 0 saturated heterocycles. The van der Waals surface area contributed by atoms with E-state index in [1.807, 2.05) is 0 Å². The smallest absolute Gasteiger partial charge is 0.0528 e. The van der Waals surface area contributed by atoms with E-state index < -0.39 is 0 Å². The summed E-state index contributed by atoms with van der Waals surface area (Å²) >= 11 is 0. The van der Waals surface area contributed by atoms with Crippen molar-refractivity contribution in [1.82, 2.24) is 0 Å². The van der Waals surface area contributed by atoms with Crippen LogP contribution in [0.15, 0.2) is 24.3 Å². The molecule has 86 valence electrons. The van der Waals surface area contributed by atoms with Crippen molar-refractivity contribution in [3.63, 3.8) is 0 Å². The van der Waals surface area contributed by atoms with Gasteiger partial charge in [0.2, 0.25) is 0 Å². The lowest BCUT2D eigenvalue weighted by molar-refractivity contribution is 0.235. The Kier molecular flexibility index (Phi) is 2.13. The highest BCUT2D eigenvalue weighted by atomic mass is 16.3. The molecule has 0 bridgehead atoms. The molecule has 0 spiro atoms. The molecule has 2 fully saturated rings. The molecule has 0 aromatic heterocycles. The van der Waals surface area contributed by atoms with Crippen LogP contribution in [0.4, 0.5) is 0 Å². The first kappa shape index (κ1) is 10.3. The summed E-state index contributed by atoms with van der Waals surface area (Å²) in [6, 6.07) is 8.45. The van der Waals surface area contributed by atoms with Crippen molar-refractivity contribution in [2.75, 3.05) is 6.61 Å². The molecule has 1 aromatic carbocycles. The Morgan fingerprint density at radius 3 is 2.12 bits per heavy atom. The molecule has 0 atom stereocenters. The summed E-state index contributed by atoms with van der Waals surface area (Å²) in [5, 5.41) is 9.55. The predicted molar refractivity (Wildman–Crippen MR) is 64.2 cm³/mol. The first-order valence-electron chi connectivity index (χ1n) is 6.20. The summed E-state index contributed by atoms with van der Waals surface area (Å²) in [6.07, 6.45) is 5.63. The van der Waals surface area contributed by atoms with Crippen molar-refractivity contribution in [2.45, 2.75) is 43.1 Å². The van der Waals surface area contributed by atoms with Crippen LogP contribution in [-0.2, 0) is 11.0 Å². The fourth-order valence-electron chi connectivity index (χ4n) is 2.87. The van der Waals surface area contributed by atoms with Gasteiger partial charge in [-0.15, -0.1) is 0 Å². The van der Waals surface area contributed by atoms with Crippen molar-refractivity contribution in [2.24, 2.45) is 5.73 Å². The third-order valence-corrected chi connectivity index (χ3v) is 4.44. The van der Waals surface area contributed by atoms with Crippen molar-refractivity contribution in [1.29, 1.82) is 0 Å². The van der Waals surface area contributed by atoms with E-state index in [9.17, 15) is 5.11 Å². The van der Waals surface area contributed by atoms with E-state index in [1.54, 1.807) is 0 Å². The summed E-state index contributed by atoms with van der Waals surface area (Å²) in [5.41, 5.74) is 8.94. The number of rotatable bonds is 3. The molecule has 3 rings (SSSR count). The highest BCUT2D eigenvalue weighted by Crippen LogP contribution is 2.52. The van der Waals surface area contributed by atoms with E-state index in [-0.39, 0.29) is 17.6 Å². The van der Waals surface area contributed by atoms with Crippen LogP contribution in [0.3, 0.4) is 0 Å². The minimum Gasteiger partial charge on any atom is -0.395 e. The molecular weight excluding hydrogens is 198 g/mol. The van der Waals surface area contributed by atoms with Gasteiger partial charge >= 0.3 is 0 Å². The number of hydrogen-bond donors (Lipinski definition) is 2. The molecule has 0 amide bonds. The van der Waals surface area contributed by atoms with Gasteiger partial charge in [0.1, 0.15) is 0 Å². The van der Waals surface area contributed by atoms with Gasteiger partial charge in [-0.3, -0.25) is 0 Å². The quantitative estimate of drug-likeness (QED) is 0.814. The molecule has 2 nitrogen and oxygen atoms in total. The van der Waals surface area contributed by atoms with E-state index in [1.165, 1.54) is 17.5 Å². The number of benzene rings is 1. The van der Waals surface area contributed by atoms with Crippen molar-refractivity contribution in [3.8, 4) is 0 Å². The van der Waals surface area contributed by atoms with Gasteiger partial charge in [-0.1, -0.05) is 24.3 Å². The Hall–Kier alpha value is -0.860. The van der Waals surface area contributed by atoms with Gasteiger partial charge in [0.15, 0.2) is 0 Å². The largest absolute Gasteiger partial charge is 0.395 e. The molecule has 2 aliphatic rings. The second-order valence-electron chi connectivity index (χ2n) is 5.49. The maximum atomic E-state index is 9.55. The third-order valence-electron chi connectivity index (χ3n) is 4.44. The minimum absolute atomic E-state index is 0.0402. The number of nitrogens with two attached hydrogens (primary N) is 1. The molecule has 2 heteroatoms. The van der Waals surface area contributed by atoms with E-state index in [2.05, 4.69) is 24.3 Å². The van der Waals surface area contributed by atoms with Crippen LogP contribution >= 0.6 is 0 Å². The number of aliphatic hydroxyl groups is 1. The lowest BCUT2D eigenvalue weighted by Crippen LogP contribution is -2.44. The minimum atomic E-state index is -0.110. The first-order chi connectivity index (χ1) is 7.70. The highest BCUT2D eigenvalue weighted by Gasteiger charge is 2.48. The molecule has 0 aliphatic heterocycles. The number of aliphatic hydroxyl groups excluding tert-OH is 1. The van der Waals surface area contributed by atoms with Crippen LogP contribution in [0, 0.1) is 0 Å². The molecule has 2 saturated carbocycles. The fourth-order valence-corrected chi connectivity index (χ4v) is 2.87. The van der Waals surface area contributed by atoms with Gasteiger partial charge in [0.25, 0.3) is 0 Å². The Bertz CT molecular complexity index is 381. The van der Waals surface area contributed by atoms with Gasteiger partial charge in [0, 0.05) is 11.0 Å². The zero-order valence-electron chi connectivity index (χ0n) is 9.58. The number of hydrogen-bond acceptors (Lipinski definition) is 2. The Balaban J connectivity index is 2.05. The molecule has 16 heavy (non-hydrogen) atoms. The zero-order chi connectivity index (χ0) is 11.2. The van der Waals surface area contributed by atoms with Crippen LogP contribution in [-0.4, -0.2) is 11.7 Å². The predicted octanol–water partition coefficient (Wildman–Crippen LogP) is 2.05. The van der Waals surface area contributed by atoms with E-state index in [0.29, 0.717) is 0 Å². The van der Waals surface area contributed by atoms with Crippen LogP contribution in [0.25, 0.3) is 0 Å². The molecule has 3 N–H and O–H groups in total. The Morgan fingerprint density at radius 2 is 1.69 bits per heavy atom. The topological polar surface area (TPSA) is 46.2 Å². The van der Waals surface area contributed by atoms with Gasteiger partial charge < -0.3 is 10.8 Å². The fraction of sp³-hybridized carbons (Fsp3) is 0.571. The molecule has 2 aliphatic carbocycles. The average molecular weight is 217 g/mol. The molecular formula is C14H19NO. The Morgan fingerprint density at radius 1 is 1.06 bits per heavy atom. The second-order valence-corrected chi connectivity index (χ2v) is 5.49. The first-order valence-corrected chi connectivity index (χ1v) is 6.20. The van der Waals surface area contributed by atoms with Crippen LogP contribution in [0.5, 0.6) is 0 Å². The standard InChI is InChI=1S/C14H19NO/c15-14(6-3-7-14)12-5-2-1-4-11(12)13(10-16)8-9-13/h1-2,4-5,16H,3,6-10,15H2. The summed E-state index contributed by atoms with van der Waals surface area (Å²) in [7, 11) is 0. The average Bonchev–Trinajstić information content (AvgIpc) is 3.07. The summed E-state index contributed by atoms with van der Waals surface area (Å²) in [6.45, 7) is 0.264. The monoisotopic (exact) mass is 217 g/mol. The van der Waals surface area contributed by atoms with Crippen molar-refractivity contribution >= 4 is 0 Å². The molecule has 0 radical (unpaired) electrons. The lowest BCUT2D eigenvalue weighted by atomic mass is 9.69. The van der Waals surface area contributed by atoms with Gasteiger partial charge in [-0.25, -0.2) is 0 Å². The zero-order valence-corrected chi connectivity index (χ0v) is 9.58. The van der Waals surface area contributed by atoms with Crippen LogP contribution < -0.4 is 5.73 Å². The van der Waals surface area contributed by atoms with Gasteiger partial charge in [-0.2, -0.15) is 0 Å². The summed E-state index contributed by atoms with van der Waals surface area (Å²) in [5.74, 6) is 0. The maximum Gasteiger partial charge on any atom is 0.0528 e.